The van der Waals surface area contributed by atoms with Crippen LogP contribution in [0.2, 0.25) is 5.02 Å². The van der Waals surface area contributed by atoms with Gasteiger partial charge in [-0.2, -0.15) is 0 Å². The molecule has 1 aliphatic carbocycles. The fourth-order valence-corrected chi connectivity index (χ4v) is 3.24. The minimum atomic E-state index is -0.776. The van der Waals surface area contributed by atoms with E-state index in [2.05, 4.69) is 0 Å². The molecule has 0 amide bonds. The van der Waals surface area contributed by atoms with Crippen LogP contribution in [0, 0.1) is 0 Å². The third-order valence-corrected chi connectivity index (χ3v) is 4.30. The molecule has 0 fully saturated rings. The first-order valence-electron chi connectivity index (χ1n) is 7.27. The Bertz CT molecular complexity index is 747. The van der Waals surface area contributed by atoms with E-state index < -0.39 is 17.9 Å². The van der Waals surface area contributed by atoms with Gasteiger partial charge in [-0.3, -0.25) is 0 Å². The van der Waals surface area contributed by atoms with E-state index in [0.29, 0.717) is 21.7 Å². The lowest BCUT2D eigenvalue weighted by Crippen LogP contribution is -2.24. The molecule has 1 heterocycles. The summed E-state index contributed by atoms with van der Waals surface area (Å²) in [6.45, 7) is 1.97. The first-order chi connectivity index (χ1) is 11.0. The van der Waals surface area contributed by atoms with Gasteiger partial charge in [0.2, 0.25) is 0 Å². The number of esters is 2. The van der Waals surface area contributed by atoms with Crippen LogP contribution < -0.4 is 0 Å². The highest BCUT2D eigenvalue weighted by molar-refractivity contribution is 6.31. The molecule has 0 aromatic heterocycles. The summed E-state index contributed by atoms with van der Waals surface area (Å²) in [4.78, 5) is 24.5. The highest BCUT2D eigenvalue weighted by Crippen LogP contribution is 2.46. The fourth-order valence-electron chi connectivity index (χ4n) is 2.99. The van der Waals surface area contributed by atoms with Gasteiger partial charge in [0.15, 0.2) is 0 Å². The molecule has 1 unspecified atom stereocenters. The molecule has 23 heavy (non-hydrogen) atoms. The number of rotatable bonds is 3. The molecule has 5 nitrogen and oxygen atoms in total. The summed E-state index contributed by atoms with van der Waals surface area (Å²) in [6.07, 6.45) is 0.107. The smallest absolute Gasteiger partial charge is 0.338 e. The van der Waals surface area contributed by atoms with Crippen molar-refractivity contribution in [2.45, 2.75) is 19.3 Å². The SMILES string of the molecule is CCOC(=O)C1=C(O)CC2=C(C(=O)OC2)C1c1ccccc1Cl. The Morgan fingerprint density at radius 1 is 1.43 bits per heavy atom. The summed E-state index contributed by atoms with van der Waals surface area (Å²) in [5, 5.41) is 10.8. The Morgan fingerprint density at radius 3 is 2.87 bits per heavy atom. The van der Waals surface area contributed by atoms with Gasteiger partial charge < -0.3 is 14.6 Å². The number of hydrogen-bond donors (Lipinski definition) is 1. The van der Waals surface area contributed by atoms with Crippen molar-refractivity contribution >= 4 is 23.5 Å². The zero-order chi connectivity index (χ0) is 16.6. The van der Waals surface area contributed by atoms with E-state index >= 15 is 0 Å². The van der Waals surface area contributed by atoms with Crippen LogP contribution in [0.15, 0.2) is 46.7 Å². The Hall–Kier alpha value is -2.27. The molecule has 1 N–H and O–H groups in total. The van der Waals surface area contributed by atoms with E-state index in [0.717, 1.165) is 0 Å². The van der Waals surface area contributed by atoms with Gasteiger partial charge in [0.05, 0.1) is 23.7 Å². The highest BCUT2D eigenvalue weighted by atomic mass is 35.5. The number of halogens is 1. The number of aliphatic hydroxyl groups is 1. The van der Waals surface area contributed by atoms with Gasteiger partial charge in [0, 0.05) is 11.4 Å². The third kappa shape index (κ3) is 2.61. The average Bonchev–Trinajstić information content (AvgIpc) is 2.87. The van der Waals surface area contributed by atoms with E-state index in [1.807, 2.05) is 0 Å². The monoisotopic (exact) mass is 334 g/mol. The second kappa shape index (κ2) is 6.08. The van der Waals surface area contributed by atoms with Crippen molar-refractivity contribution < 1.29 is 24.2 Å². The van der Waals surface area contributed by atoms with Gasteiger partial charge in [-0.05, 0) is 24.1 Å². The van der Waals surface area contributed by atoms with Crippen LogP contribution in [-0.4, -0.2) is 30.3 Å². The molecule has 1 aromatic carbocycles. The number of cyclic esters (lactones) is 1. The molecule has 120 valence electrons. The molecule has 0 bridgehead atoms. The molecule has 0 saturated heterocycles. The van der Waals surface area contributed by atoms with E-state index in [1.165, 1.54) is 0 Å². The average molecular weight is 335 g/mol. The lowest BCUT2D eigenvalue weighted by molar-refractivity contribution is -0.139. The molecule has 0 radical (unpaired) electrons. The second-order valence-electron chi connectivity index (χ2n) is 5.31. The lowest BCUT2D eigenvalue weighted by atomic mass is 9.77. The maximum absolute atomic E-state index is 12.3. The Morgan fingerprint density at radius 2 is 2.17 bits per heavy atom. The number of allylic oxidation sites excluding steroid dienone is 1. The van der Waals surface area contributed by atoms with Crippen LogP contribution in [0.1, 0.15) is 24.8 Å². The molecule has 6 heteroatoms. The van der Waals surface area contributed by atoms with Crippen LogP contribution in [0.3, 0.4) is 0 Å². The van der Waals surface area contributed by atoms with E-state index in [4.69, 9.17) is 21.1 Å². The number of carbonyl (C=O) groups excluding carboxylic acids is 2. The number of ether oxygens (including phenoxy) is 2. The number of carbonyl (C=O) groups is 2. The van der Waals surface area contributed by atoms with Crippen molar-refractivity contribution in [3.05, 3.63) is 57.3 Å². The normalized spacial score (nSPS) is 20.4. The van der Waals surface area contributed by atoms with Gasteiger partial charge in [-0.15, -0.1) is 0 Å². The molecular formula is C17H15ClO5. The van der Waals surface area contributed by atoms with Crippen LogP contribution >= 0.6 is 11.6 Å². The second-order valence-corrected chi connectivity index (χ2v) is 5.71. The molecule has 1 atom stereocenters. The molecule has 3 rings (SSSR count). The van der Waals surface area contributed by atoms with Crippen molar-refractivity contribution in [3.8, 4) is 0 Å². The van der Waals surface area contributed by atoms with E-state index in [-0.39, 0.29) is 31.0 Å². The van der Waals surface area contributed by atoms with E-state index in [1.54, 1.807) is 31.2 Å². The lowest BCUT2D eigenvalue weighted by Gasteiger charge is -2.26. The standard InChI is InChI=1S/C17H15ClO5/c1-2-22-17(21)15-12(19)7-9-8-23-16(20)13(9)14(15)10-5-3-4-6-11(10)18/h3-6,14,19H,2,7-8H2,1H3. The summed E-state index contributed by atoms with van der Waals surface area (Å²) < 4.78 is 10.1. The molecule has 1 aliphatic heterocycles. The minimum absolute atomic E-state index is 0.0533. The van der Waals surface area contributed by atoms with Crippen molar-refractivity contribution in [3.63, 3.8) is 0 Å². The number of benzene rings is 1. The summed E-state index contributed by atoms with van der Waals surface area (Å²) >= 11 is 6.26. The van der Waals surface area contributed by atoms with Crippen LogP contribution in [0.5, 0.6) is 0 Å². The van der Waals surface area contributed by atoms with Gasteiger partial charge in [-0.1, -0.05) is 29.8 Å². The summed E-state index contributed by atoms with van der Waals surface area (Å²) in [5.74, 6) is -2.02. The molecule has 0 spiro atoms. The maximum atomic E-state index is 12.3. The summed E-state index contributed by atoms with van der Waals surface area (Å²) in [7, 11) is 0. The van der Waals surface area contributed by atoms with Crippen molar-refractivity contribution in [1.29, 1.82) is 0 Å². The largest absolute Gasteiger partial charge is 0.511 e. The molecule has 0 saturated carbocycles. The third-order valence-electron chi connectivity index (χ3n) is 3.96. The van der Waals surface area contributed by atoms with Gasteiger partial charge in [0.1, 0.15) is 12.4 Å². The van der Waals surface area contributed by atoms with Crippen molar-refractivity contribution in [2.24, 2.45) is 0 Å². The predicted octanol–water partition coefficient (Wildman–Crippen LogP) is 3.06. The molecular weight excluding hydrogens is 320 g/mol. The summed E-state index contributed by atoms with van der Waals surface area (Å²) in [6, 6.07) is 6.91. The first-order valence-corrected chi connectivity index (χ1v) is 7.65. The number of aliphatic hydroxyl groups excluding tert-OH is 1. The molecule has 1 aromatic rings. The van der Waals surface area contributed by atoms with Crippen LogP contribution in [0.4, 0.5) is 0 Å². The van der Waals surface area contributed by atoms with Crippen LogP contribution in [-0.2, 0) is 19.1 Å². The minimum Gasteiger partial charge on any atom is -0.511 e. The number of hydrogen-bond acceptors (Lipinski definition) is 5. The summed E-state index contributed by atoms with van der Waals surface area (Å²) in [5.41, 5.74) is 1.66. The topological polar surface area (TPSA) is 72.8 Å². The first kappa shape index (κ1) is 15.6. The van der Waals surface area contributed by atoms with Gasteiger partial charge in [0.25, 0.3) is 0 Å². The zero-order valence-corrected chi connectivity index (χ0v) is 13.2. The van der Waals surface area contributed by atoms with Gasteiger partial charge >= 0.3 is 11.9 Å². The van der Waals surface area contributed by atoms with Crippen molar-refractivity contribution in [2.75, 3.05) is 13.2 Å². The van der Waals surface area contributed by atoms with E-state index in [9.17, 15) is 14.7 Å². The zero-order valence-electron chi connectivity index (χ0n) is 12.5. The fraction of sp³-hybridized carbons (Fsp3) is 0.294. The van der Waals surface area contributed by atoms with Gasteiger partial charge in [-0.25, -0.2) is 9.59 Å². The highest BCUT2D eigenvalue weighted by Gasteiger charge is 2.43. The maximum Gasteiger partial charge on any atom is 0.338 e. The molecule has 2 aliphatic rings. The Kier molecular flexibility index (Phi) is 4.13. The van der Waals surface area contributed by atoms with Crippen LogP contribution in [0.25, 0.3) is 0 Å². The quantitative estimate of drug-likeness (QED) is 0.860. The Labute approximate surface area is 138 Å². The van der Waals surface area contributed by atoms with Crippen molar-refractivity contribution in [1.82, 2.24) is 0 Å². The Balaban J connectivity index is 2.18. The predicted molar refractivity (Wildman–Crippen MR) is 83.1 cm³/mol.